The number of amides is 2. The van der Waals surface area contributed by atoms with E-state index in [1.54, 1.807) is 11.4 Å². The number of hydrogen-bond donors (Lipinski definition) is 3. The Morgan fingerprint density at radius 1 is 1.63 bits per heavy atom. The van der Waals surface area contributed by atoms with Crippen LogP contribution in [0, 0.1) is 11.8 Å². The summed E-state index contributed by atoms with van der Waals surface area (Å²) in [7, 11) is 0. The molecule has 2 heterocycles. The summed E-state index contributed by atoms with van der Waals surface area (Å²) in [5.41, 5.74) is 0.491. The normalized spacial score (nSPS) is 18.2. The van der Waals surface area contributed by atoms with Gasteiger partial charge in [-0.3, -0.25) is 9.59 Å². The highest BCUT2D eigenvalue weighted by Gasteiger charge is 2.24. The topological polar surface area (TPSA) is 78.4 Å². The highest BCUT2D eigenvalue weighted by atomic mass is 32.1. The molecule has 5 nitrogen and oxygen atoms in total. The molecule has 0 saturated carbocycles. The predicted octanol–water partition coefficient (Wildman–Crippen LogP) is 0.100. The van der Waals surface area contributed by atoms with Crippen molar-refractivity contribution in [1.29, 1.82) is 0 Å². The van der Waals surface area contributed by atoms with Gasteiger partial charge in [-0.05, 0) is 18.9 Å². The van der Waals surface area contributed by atoms with E-state index < -0.39 is 6.04 Å². The van der Waals surface area contributed by atoms with Crippen molar-refractivity contribution >= 4 is 23.2 Å². The maximum atomic E-state index is 12.0. The first-order valence-electron chi connectivity index (χ1n) is 5.97. The van der Waals surface area contributed by atoms with Gasteiger partial charge in [0, 0.05) is 11.9 Å². The zero-order valence-corrected chi connectivity index (χ0v) is 11.0. The molecule has 1 aromatic heterocycles. The molecule has 0 bridgehead atoms. The largest absolute Gasteiger partial charge is 0.384 e. The Hall–Kier alpha value is -1.84. The third-order valence-electron chi connectivity index (χ3n) is 2.74. The smallest absolute Gasteiger partial charge is 0.252 e. The zero-order valence-electron chi connectivity index (χ0n) is 10.2. The number of hydrogen-bond acceptors (Lipinski definition) is 4. The number of rotatable bonds is 2. The molecule has 100 valence electrons. The Balaban J connectivity index is 1.99. The molecule has 2 rings (SSSR count). The lowest BCUT2D eigenvalue weighted by Gasteiger charge is -2.22. The van der Waals surface area contributed by atoms with Gasteiger partial charge in [-0.25, -0.2) is 0 Å². The maximum Gasteiger partial charge on any atom is 0.252 e. The molecule has 0 aromatic carbocycles. The zero-order chi connectivity index (χ0) is 13.7. The summed E-state index contributed by atoms with van der Waals surface area (Å²) in [6.07, 6.45) is 1.53. The molecule has 1 aliphatic rings. The summed E-state index contributed by atoms with van der Waals surface area (Å²) in [5, 5.41) is 15.7. The molecule has 1 saturated heterocycles. The molecule has 0 aliphatic carbocycles. The summed E-state index contributed by atoms with van der Waals surface area (Å²) in [6, 6.07) is 1.21. The van der Waals surface area contributed by atoms with Gasteiger partial charge in [0.25, 0.3) is 5.91 Å². The quantitative estimate of drug-likeness (QED) is 0.671. The minimum atomic E-state index is -0.451. The van der Waals surface area contributed by atoms with Crippen LogP contribution in [0.25, 0.3) is 0 Å². The van der Waals surface area contributed by atoms with E-state index in [4.69, 9.17) is 5.11 Å². The minimum Gasteiger partial charge on any atom is -0.384 e. The standard InChI is InChI=1S/C13H14N2O3S/c16-6-2-3-10-7-9(8-19-10)12(17)15-11-4-1-5-14-13(11)18/h7-8,11,16H,1,4-6H2,(H,14,18)(H,15,17). The van der Waals surface area contributed by atoms with E-state index in [9.17, 15) is 9.59 Å². The molecule has 1 unspecified atom stereocenters. The molecule has 6 heteroatoms. The van der Waals surface area contributed by atoms with E-state index >= 15 is 0 Å². The molecule has 3 N–H and O–H groups in total. The van der Waals surface area contributed by atoms with E-state index in [1.165, 1.54) is 11.3 Å². The van der Waals surface area contributed by atoms with Gasteiger partial charge in [0.15, 0.2) is 0 Å². The Kier molecular flexibility index (Phi) is 4.55. The van der Waals surface area contributed by atoms with E-state index in [0.29, 0.717) is 23.4 Å². The minimum absolute atomic E-state index is 0.130. The van der Waals surface area contributed by atoms with Crippen molar-refractivity contribution in [2.24, 2.45) is 0 Å². The van der Waals surface area contributed by atoms with Crippen LogP contribution < -0.4 is 10.6 Å². The Bertz CT molecular complexity index is 542. The van der Waals surface area contributed by atoms with Crippen LogP contribution in [0.3, 0.4) is 0 Å². The van der Waals surface area contributed by atoms with Crippen molar-refractivity contribution in [1.82, 2.24) is 10.6 Å². The van der Waals surface area contributed by atoms with E-state index in [0.717, 1.165) is 6.42 Å². The molecule has 1 aromatic rings. The van der Waals surface area contributed by atoms with Gasteiger partial charge in [0.05, 0.1) is 10.4 Å². The van der Waals surface area contributed by atoms with Crippen molar-refractivity contribution in [2.75, 3.05) is 13.2 Å². The van der Waals surface area contributed by atoms with Crippen molar-refractivity contribution in [2.45, 2.75) is 18.9 Å². The fourth-order valence-electron chi connectivity index (χ4n) is 1.80. The molecule has 2 amide bonds. The highest BCUT2D eigenvalue weighted by molar-refractivity contribution is 7.10. The lowest BCUT2D eigenvalue weighted by Crippen LogP contribution is -2.50. The Morgan fingerprint density at radius 3 is 3.21 bits per heavy atom. The SMILES string of the molecule is O=C(NC1CCCNC1=O)c1csc(C#CCO)c1. The number of carbonyl (C=O) groups excluding carboxylic acids is 2. The number of thiophene rings is 1. The number of piperidine rings is 1. The molecule has 0 spiro atoms. The monoisotopic (exact) mass is 278 g/mol. The summed E-state index contributed by atoms with van der Waals surface area (Å²) < 4.78 is 0. The molecule has 1 aliphatic heterocycles. The van der Waals surface area contributed by atoms with Crippen molar-refractivity contribution in [3.63, 3.8) is 0 Å². The van der Waals surface area contributed by atoms with Gasteiger partial charge in [0.2, 0.25) is 5.91 Å². The van der Waals surface area contributed by atoms with Crippen LogP contribution in [0.2, 0.25) is 0 Å². The average molecular weight is 278 g/mol. The van der Waals surface area contributed by atoms with Crippen molar-refractivity contribution < 1.29 is 14.7 Å². The summed E-state index contributed by atoms with van der Waals surface area (Å²) in [5.74, 6) is 4.87. The van der Waals surface area contributed by atoms with Crippen molar-refractivity contribution in [3.8, 4) is 11.8 Å². The lowest BCUT2D eigenvalue weighted by molar-refractivity contribution is -0.124. The van der Waals surface area contributed by atoms with Crippen molar-refractivity contribution in [3.05, 3.63) is 21.9 Å². The summed E-state index contributed by atoms with van der Waals surface area (Å²) in [6.45, 7) is 0.465. The molecular formula is C13H14N2O3S. The predicted molar refractivity (Wildman–Crippen MR) is 71.8 cm³/mol. The summed E-state index contributed by atoms with van der Waals surface area (Å²) in [4.78, 5) is 24.2. The van der Waals surface area contributed by atoms with Gasteiger partial charge < -0.3 is 15.7 Å². The van der Waals surface area contributed by atoms with Crippen LogP contribution in [0.4, 0.5) is 0 Å². The second-order valence-electron chi connectivity index (χ2n) is 4.12. The highest BCUT2D eigenvalue weighted by Crippen LogP contribution is 2.14. The second kappa shape index (κ2) is 6.36. The molecule has 1 fully saturated rings. The molecule has 1 atom stereocenters. The molecule has 0 radical (unpaired) electrons. The number of aliphatic hydroxyl groups excluding tert-OH is 1. The van der Waals surface area contributed by atoms with Crippen LogP contribution in [0.5, 0.6) is 0 Å². The molecule has 19 heavy (non-hydrogen) atoms. The number of aliphatic hydroxyl groups is 1. The van der Waals surface area contributed by atoms with Crippen LogP contribution >= 0.6 is 11.3 Å². The van der Waals surface area contributed by atoms with Gasteiger partial charge in [-0.1, -0.05) is 11.8 Å². The fraction of sp³-hybridized carbons (Fsp3) is 0.385. The van der Waals surface area contributed by atoms with E-state index in [-0.39, 0.29) is 18.4 Å². The van der Waals surface area contributed by atoms with E-state index in [1.807, 2.05) is 0 Å². The van der Waals surface area contributed by atoms with Gasteiger partial charge in [-0.2, -0.15) is 0 Å². The first kappa shape index (κ1) is 13.6. The third kappa shape index (κ3) is 3.56. The van der Waals surface area contributed by atoms with Crippen LogP contribution in [0.1, 0.15) is 28.1 Å². The first-order chi connectivity index (χ1) is 9.20. The van der Waals surface area contributed by atoms with Crippen LogP contribution in [-0.2, 0) is 4.79 Å². The van der Waals surface area contributed by atoms with Gasteiger partial charge in [0.1, 0.15) is 12.6 Å². The average Bonchev–Trinajstić information content (AvgIpc) is 2.88. The Labute approximate surface area is 115 Å². The maximum absolute atomic E-state index is 12.0. The second-order valence-corrected chi connectivity index (χ2v) is 5.03. The van der Waals surface area contributed by atoms with Crippen LogP contribution in [-0.4, -0.2) is 36.1 Å². The van der Waals surface area contributed by atoms with Gasteiger partial charge in [-0.15, -0.1) is 11.3 Å². The van der Waals surface area contributed by atoms with E-state index in [2.05, 4.69) is 22.5 Å². The fourth-order valence-corrected chi connectivity index (χ4v) is 2.55. The Morgan fingerprint density at radius 2 is 2.47 bits per heavy atom. The number of carbonyl (C=O) groups is 2. The number of nitrogens with one attached hydrogen (secondary N) is 2. The summed E-state index contributed by atoms with van der Waals surface area (Å²) >= 11 is 1.33. The molecular weight excluding hydrogens is 264 g/mol. The van der Waals surface area contributed by atoms with Gasteiger partial charge >= 0.3 is 0 Å². The van der Waals surface area contributed by atoms with Crippen LogP contribution in [0.15, 0.2) is 11.4 Å². The third-order valence-corrected chi connectivity index (χ3v) is 3.59. The first-order valence-corrected chi connectivity index (χ1v) is 6.85. The lowest BCUT2D eigenvalue weighted by atomic mass is 10.1.